The molecule has 3 nitrogen and oxygen atoms in total. The Bertz CT molecular complexity index is 391. The van der Waals surface area contributed by atoms with Gasteiger partial charge in [-0.3, -0.25) is 0 Å². The van der Waals surface area contributed by atoms with E-state index in [1.165, 1.54) is 19.1 Å². The molecule has 1 heterocycles. The van der Waals surface area contributed by atoms with Crippen LogP contribution in [0.5, 0.6) is 0 Å². The summed E-state index contributed by atoms with van der Waals surface area (Å²) in [5, 5.41) is 0. The topological polar surface area (TPSA) is 38.8 Å². The van der Waals surface area contributed by atoms with Gasteiger partial charge in [0.05, 0.1) is 18.8 Å². The molecule has 0 aliphatic carbocycles. The van der Waals surface area contributed by atoms with Gasteiger partial charge >= 0.3 is 5.97 Å². The molecule has 0 saturated carbocycles. The molecule has 0 aromatic carbocycles. The Morgan fingerprint density at radius 1 is 1.25 bits per heavy atom. The van der Waals surface area contributed by atoms with Crippen LogP contribution in [0.2, 0.25) is 0 Å². The van der Waals surface area contributed by atoms with Gasteiger partial charge in [-0.15, -0.1) is 0 Å². The van der Waals surface area contributed by atoms with Gasteiger partial charge in [0.1, 0.15) is 0 Å². The van der Waals surface area contributed by atoms with Crippen molar-refractivity contribution in [3.05, 3.63) is 23.3 Å². The lowest BCUT2D eigenvalue weighted by Gasteiger charge is -2.02. The molecule has 1 saturated heterocycles. The largest absolute Gasteiger partial charge is 0.466 e. The van der Waals surface area contributed by atoms with E-state index >= 15 is 0 Å². The third-order valence-electron chi connectivity index (χ3n) is 3.80. The molecule has 1 aliphatic heterocycles. The van der Waals surface area contributed by atoms with Crippen molar-refractivity contribution in [2.75, 3.05) is 7.11 Å². The minimum atomic E-state index is -0.268. The van der Waals surface area contributed by atoms with E-state index in [1.807, 2.05) is 6.92 Å². The predicted octanol–water partition coefficient (Wildman–Crippen LogP) is 4.18. The fourth-order valence-electron chi connectivity index (χ4n) is 2.29. The van der Waals surface area contributed by atoms with E-state index in [0.717, 1.165) is 31.3 Å². The molecule has 0 amide bonds. The molecule has 20 heavy (non-hydrogen) atoms. The normalized spacial score (nSPS) is 21.8. The second-order valence-corrected chi connectivity index (χ2v) is 6.21. The van der Waals surface area contributed by atoms with Crippen molar-refractivity contribution in [1.82, 2.24) is 0 Å². The second-order valence-electron chi connectivity index (χ2n) is 6.21. The standard InChI is InChI=1S/C17H28O3/c1-13(9-7-11-15-17(3,4)20-15)8-6-10-14(2)12-16(18)19-5/h8,12,15H,6-7,9-11H2,1-5H3. The number of esters is 1. The van der Waals surface area contributed by atoms with E-state index in [9.17, 15) is 4.79 Å². The summed E-state index contributed by atoms with van der Waals surface area (Å²) in [6.45, 7) is 8.44. The van der Waals surface area contributed by atoms with E-state index in [0.29, 0.717) is 6.10 Å². The lowest BCUT2D eigenvalue weighted by atomic mass is 10.0. The van der Waals surface area contributed by atoms with Crippen LogP contribution in [0.4, 0.5) is 0 Å². The summed E-state index contributed by atoms with van der Waals surface area (Å²) in [6, 6.07) is 0. The highest BCUT2D eigenvalue weighted by molar-refractivity contribution is 5.82. The van der Waals surface area contributed by atoms with Gasteiger partial charge < -0.3 is 9.47 Å². The van der Waals surface area contributed by atoms with E-state index in [2.05, 4.69) is 31.6 Å². The third kappa shape index (κ3) is 6.38. The Morgan fingerprint density at radius 3 is 2.45 bits per heavy atom. The number of allylic oxidation sites excluding steroid dienone is 3. The van der Waals surface area contributed by atoms with Crippen LogP contribution in [-0.2, 0) is 14.3 Å². The number of rotatable bonds is 8. The van der Waals surface area contributed by atoms with Crippen LogP contribution in [0.3, 0.4) is 0 Å². The first kappa shape index (κ1) is 17.0. The molecule has 114 valence electrons. The number of carbonyl (C=O) groups excluding carboxylic acids is 1. The zero-order valence-electron chi connectivity index (χ0n) is 13.5. The van der Waals surface area contributed by atoms with Gasteiger partial charge in [0.25, 0.3) is 0 Å². The lowest BCUT2D eigenvalue weighted by Crippen LogP contribution is -2.02. The molecule has 1 fully saturated rings. The van der Waals surface area contributed by atoms with Gasteiger partial charge in [0, 0.05) is 6.08 Å². The van der Waals surface area contributed by atoms with Crippen molar-refractivity contribution >= 4 is 5.97 Å². The molecule has 1 atom stereocenters. The Kier molecular flexibility index (Phi) is 6.47. The smallest absolute Gasteiger partial charge is 0.330 e. The van der Waals surface area contributed by atoms with Crippen LogP contribution in [0, 0.1) is 0 Å². The van der Waals surface area contributed by atoms with Gasteiger partial charge in [-0.05, 0) is 59.8 Å². The Labute approximate surface area is 123 Å². The van der Waals surface area contributed by atoms with Gasteiger partial charge in [0.2, 0.25) is 0 Å². The maximum absolute atomic E-state index is 11.1. The third-order valence-corrected chi connectivity index (χ3v) is 3.80. The molecular formula is C17H28O3. The first-order valence-corrected chi connectivity index (χ1v) is 7.43. The number of hydrogen-bond acceptors (Lipinski definition) is 3. The van der Waals surface area contributed by atoms with Crippen molar-refractivity contribution in [2.24, 2.45) is 0 Å². The average Bonchev–Trinajstić information content (AvgIpc) is 2.96. The van der Waals surface area contributed by atoms with Gasteiger partial charge in [-0.25, -0.2) is 4.79 Å². The first-order chi connectivity index (χ1) is 9.35. The van der Waals surface area contributed by atoms with Gasteiger partial charge in [-0.2, -0.15) is 0 Å². The van der Waals surface area contributed by atoms with Crippen LogP contribution in [0.25, 0.3) is 0 Å². The SMILES string of the molecule is COC(=O)C=C(C)CCC=C(C)CCCC1OC1(C)C. The van der Waals surface area contributed by atoms with Gasteiger partial charge in [0.15, 0.2) is 0 Å². The summed E-state index contributed by atoms with van der Waals surface area (Å²) < 4.78 is 10.2. The van der Waals surface area contributed by atoms with Crippen LogP contribution >= 0.6 is 0 Å². The number of ether oxygens (including phenoxy) is 2. The lowest BCUT2D eigenvalue weighted by molar-refractivity contribution is -0.134. The maximum atomic E-state index is 11.1. The predicted molar refractivity (Wildman–Crippen MR) is 81.6 cm³/mol. The zero-order valence-corrected chi connectivity index (χ0v) is 13.5. The molecule has 1 rings (SSSR count). The highest BCUT2D eigenvalue weighted by Crippen LogP contribution is 2.38. The maximum Gasteiger partial charge on any atom is 0.330 e. The first-order valence-electron chi connectivity index (χ1n) is 7.43. The monoisotopic (exact) mass is 280 g/mol. The zero-order chi connectivity index (χ0) is 15.2. The van der Waals surface area contributed by atoms with Crippen molar-refractivity contribution in [2.45, 2.75) is 71.5 Å². The number of hydrogen-bond donors (Lipinski definition) is 0. The molecule has 0 aromatic heterocycles. The van der Waals surface area contributed by atoms with E-state index in [1.54, 1.807) is 6.08 Å². The second kappa shape index (κ2) is 7.63. The Morgan fingerprint density at radius 2 is 1.90 bits per heavy atom. The summed E-state index contributed by atoms with van der Waals surface area (Å²) in [6.07, 6.45) is 9.66. The van der Waals surface area contributed by atoms with Crippen LogP contribution < -0.4 is 0 Å². The molecule has 0 radical (unpaired) electrons. The molecule has 1 unspecified atom stereocenters. The molecule has 3 heteroatoms. The van der Waals surface area contributed by atoms with E-state index in [-0.39, 0.29) is 11.6 Å². The fourth-order valence-corrected chi connectivity index (χ4v) is 2.29. The number of epoxide rings is 1. The molecular weight excluding hydrogens is 252 g/mol. The highest BCUT2D eigenvalue weighted by atomic mass is 16.6. The van der Waals surface area contributed by atoms with Gasteiger partial charge in [-0.1, -0.05) is 17.2 Å². The number of carbonyl (C=O) groups is 1. The van der Waals surface area contributed by atoms with Crippen LogP contribution in [-0.4, -0.2) is 24.8 Å². The molecule has 0 bridgehead atoms. The van der Waals surface area contributed by atoms with Crippen molar-refractivity contribution in [1.29, 1.82) is 0 Å². The molecule has 0 spiro atoms. The minimum absolute atomic E-state index is 0.118. The van der Waals surface area contributed by atoms with Crippen molar-refractivity contribution in [3.8, 4) is 0 Å². The summed E-state index contributed by atoms with van der Waals surface area (Å²) >= 11 is 0. The molecule has 1 aliphatic rings. The Hall–Kier alpha value is -1.09. The van der Waals surface area contributed by atoms with Crippen molar-refractivity contribution < 1.29 is 14.3 Å². The number of methoxy groups -OCH3 is 1. The Balaban J connectivity index is 2.15. The van der Waals surface area contributed by atoms with E-state index in [4.69, 9.17) is 4.74 Å². The van der Waals surface area contributed by atoms with Crippen LogP contribution in [0.15, 0.2) is 23.3 Å². The minimum Gasteiger partial charge on any atom is -0.466 e. The summed E-state index contributed by atoms with van der Waals surface area (Å²) in [4.78, 5) is 11.1. The quantitative estimate of drug-likeness (QED) is 0.290. The molecule has 0 N–H and O–H groups in total. The van der Waals surface area contributed by atoms with E-state index < -0.39 is 0 Å². The summed E-state index contributed by atoms with van der Waals surface area (Å²) in [5.74, 6) is -0.268. The highest BCUT2D eigenvalue weighted by Gasteiger charge is 2.46. The van der Waals surface area contributed by atoms with Crippen LogP contribution in [0.1, 0.15) is 59.8 Å². The molecule has 0 aromatic rings. The summed E-state index contributed by atoms with van der Waals surface area (Å²) in [7, 11) is 1.40. The van der Waals surface area contributed by atoms with Crippen molar-refractivity contribution in [3.63, 3.8) is 0 Å². The fraction of sp³-hybridized carbons (Fsp3) is 0.706. The summed E-state index contributed by atoms with van der Waals surface area (Å²) in [5.41, 5.74) is 2.61. The average molecular weight is 280 g/mol.